The van der Waals surface area contributed by atoms with E-state index in [0.29, 0.717) is 12.3 Å². The second-order valence-electron chi connectivity index (χ2n) is 5.05. The first-order chi connectivity index (χ1) is 11.1. The minimum absolute atomic E-state index is 0.0998. The van der Waals surface area contributed by atoms with Gasteiger partial charge < -0.3 is 10.1 Å². The van der Waals surface area contributed by atoms with E-state index in [4.69, 9.17) is 16.3 Å². The minimum Gasteiger partial charge on any atom is -0.481 e. The topological polar surface area (TPSA) is 38.3 Å². The largest absolute Gasteiger partial charge is 0.481 e. The summed E-state index contributed by atoms with van der Waals surface area (Å²) in [6.45, 7) is 2.37. The molecule has 0 unspecified atom stereocenters. The van der Waals surface area contributed by atoms with Gasteiger partial charge in [0.05, 0.1) is 0 Å². The maximum Gasteiger partial charge on any atom is 0.260 e. The first-order valence-corrected chi connectivity index (χ1v) is 9.00. The van der Waals surface area contributed by atoms with Crippen LogP contribution >= 0.6 is 23.4 Å². The normalized spacial score (nSPS) is 11.7. The fraction of sp³-hybridized carbons (Fsp3) is 0.278. The number of amides is 1. The molecule has 23 heavy (non-hydrogen) atoms. The molecule has 0 spiro atoms. The second kappa shape index (κ2) is 9.48. The maximum absolute atomic E-state index is 12.0. The molecule has 0 bridgehead atoms. The number of thioether (sulfide) groups is 1. The summed E-state index contributed by atoms with van der Waals surface area (Å²) in [5.74, 6) is 2.32. The lowest BCUT2D eigenvalue weighted by atomic mass is 10.2. The van der Waals surface area contributed by atoms with Crippen LogP contribution in [0.5, 0.6) is 5.75 Å². The molecule has 0 heterocycles. The van der Waals surface area contributed by atoms with Crippen LogP contribution in [0.4, 0.5) is 0 Å². The van der Waals surface area contributed by atoms with Crippen molar-refractivity contribution in [2.24, 2.45) is 0 Å². The summed E-state index contributed by atoms with van der Waals surface area (Å²) < 4.78 is 5.58. The Hall–Kier alpha value is -1.65. The zero-order valence-electron chi connectivity index (χ0n) is 13.0. The van der Waals surface area contributed by atoms with Gasteiger partial charge >= 0.3 is 0 Å². The number of hydrogen-bond acceptors (Lipinski definition) is 3. The van der Waals surface area contributed by atoms with Gasteiger partial charge in [-0.25, -0.2) is 0 Å². The molecular formula is C18H20ClNO2S. The lowest BCUT2D eigenvalue weighted by molar-refractivity contribution is -0.127. The molecule has 0 saturated heterocycles. The van der Waals surface area contributed by atoms with Crippen molar-refractivity contribution in [1.82, 2.24) is 5.32 Å². The van der Waals surface area contributed by atoms with Gasteiger partial charge in [0, 0.05) is 23.1 Å². The van der Waals surface area contributed by atoms with Gasteiger partial charge in [0.2, 0.25) is 0 Å². The molecule has 122 valence electrons. The summed E-state index contributed by atoms with van der Waals surface area (Å²) in [6.07, 6.45) is -0.504. The molecule has 0 radical (unpaired) electrons. The first-order valence-electron chi connectivity index (χ1n) is 7.47. The quantitative estimate of drug-likeness (QED) is 0.727. The Morgan fingerprint density at radius 2 is 2.00 bits per heavy atom. The van der Waals surface area contributed by atoms with E-state index in [0.717, 1.165) is 16.5 Å². The molecule has 2 rings (SSSR count). The van der Waals surface area contributed by atoms with Crippen molar-refractivity contribution in [2.75, 3.05) is 12.3 Å². The highest BCUT2D eigenvalue weighted by Gasteiger charge is 2.13. The number of rotatable bonds is 8. The molecule has 0 aliphatic carbocycles. The van der Waals surface area contributed by atoms with Crippen LogP contribution in [0.25, 0.3) is 0 Å². The molecule has 2 aromatic rings. The van der Waals surface area contributed by atoms with Crippen molar-refractivity contribution < 1.29 is 9.53 Å². The first kappa shape index (κ1) is 17.7. The van der Waals surface area contributed by atoms with Crippen molar-refractivity contribution in [2.45, 2.75) is 18.8 Å². The molecule has 5 heteroatoms. The third-order valence-corrected chi connectivity index (χ3v) is 4.39. The van der Waals surface area contributed by atoms with Crippen LogP contribution in [0, 0.1) is 0 Å². The van der Waals surface area contributed by atoms with Crippen LogP contribution in [-0.4, -0.2) is 24.3 Å². The average Bonchev–Trinajstić information content (AvgIpc) is 2.55. The van der Waals surface area contributed by atoms with Gasteiger partial charge in [-0.15, -0.1) is 0 Å². The number of carbonyl (C=O) groups is 1. The van der Waals surface area contributed by atoms with E-state index in [9.17, 15) is 4.79 Å². The van der Waals surface area contributed by atoms with Gasteiger partial charge in [0.25, 0.3) is 5.91 Å². The number of para-hydroxylation sites is 1. The Bertz CT molecular complexity index is 621. The van der Waals surface area contributed by atoms with E-state index < -0.39 is 6.10 Å². The van der Waals surface area contributed by atoms with Crippen molar-refractivity contribution in [3.05, 3.63) is 65.2 Å². The number of carbonyl (C=O) groups excluding carboxylic acids is 1. The summed E-state index contributed by atoms with van der Waals surface area (Å²) >= 11 is 7.71. The maximum atomic E-state index is 12.0. The zero-order valence-corrected chi connectivity index (χ0v) is 14.6. The molecule has 2 aromatic carbocycles. The zero-order chi connectivity index (χ0) is 16.5. The van der Waals surface area contributed by atoms with Crippen molar-refractivity contribution in [3.8, 4) is 5.75 Å². The van der Waals surface area contributed by atoms with Crippen LogP contribution in [0.3, 0.4) is 0 Å². The third-order valence-electron chi connectivity index (χ3n) is 3.13. The van der Waals surface area contributed by atoms with E-state index in [1.165, 1.54) is 5.56 Å². The molecule has 0 fully saturated rings. The Kier molecular flexibility index (Phi) is 7.30. The number of nitrogens with one attached hydrogen (secondary N) is 1. The van der Waals surface area contributed by atoms with Crippen LogP contribution < -0.4 is 10.1 Å². The molecule has 0 saturated carbocycles. The number of benzene rings is 2. The fourth-order valence-electron chi connectivity index (χ4n) is 1.96. The lowest BCUT2D eigenvalue weighted by Gasteiger charge is -2.14. The van der Waals surface area contributed by atoms with E-state index in [1.807, 2.05) is 54.6 Å². The minimum atomic E-state index is -0.504. The van der Waals surface area contributed by atoms with Gasteiger partial charge in [-0.05, 0) is 36.8 Å². The van der Waals surface area contributed by atoms with Crippen molar-refractivity contribution >= 4 is 29.3 Å². The molecule has 0 aromatic heterocycles. The lowest BCUT2D eigenvalue weighted by Crippen LogP contribution is -2.37. The Labute approximate surface area is 146 Å². The predicted molar refractivity (Wildman–Crippen MR) is 97.2 cm³/mol. The van der Waals surface area contributed by atoms with Crippen molar-refractivity contribution in [1.29, 1.82) is 0 Å². The second-order valence-corrected chi connectivity index (χ2v) is 6.59. The van der Waals surface area contributed by atoms with E-state index >= 15 is 0 Å². The summed E-state index contributed by atoms with van der Waals surface area (Å²) in [6, 6.07) is 17.2. The molecule has 1 N–H and O–H groups in total. The van der Waals surface area contributed by atoms with Crippen LogP contribution in [0.15, 0.2) is 54.6 Å². The standard InChI is InChI=1S/C18H20ClNO2S/c1-14(22-17-8-3-2-4-9-17)18(21)20-10-11-23-13-15-6-5-7-16(19)12-15/h2-9,12,14H,10-11,13H2,1H3,(H,20,21)/t14-/m1/s1. The van der Waals surface area contributed by atoms with Crippen LogP contribution in [0.1, 0.15) is 12.5 Å². The Morgan fingerprint density at radius 1 is 1.22 bits per heavy atom. The van der Waals surface area contributed by atoms with E-state index in [-0.39, 0.29) is 5.91 Å². The van der Waals surface area contributed by atoms with Gasteiger partial charge in [-0.3, -0.25) is 4.79 Å². The predicted octanol–water partition coefficient (Wildman–Crippen LogP) is 4.16. The summed E-state index contributed by atoms with van der Waals surface area (Å²) in [4.78, 5) is 12.0. The monoisotopic (exact) mass is 349 g/mol. The molecule has 0 aliphatic heterocycles. The molecule has 3 nitrogen and oxygen atoms in total. The third kappa shape index (κ3) is 6.55. The Morgan fingerprint density at radius 3 is 2.74 bits per heavy atom. The van der Waals surface area contributed by atoms with Gasteiger partial charge in [-0.1, -0.05) is 41.9 Å². The highest BCUT2D eigenvalue weighted by Crippen LogP contribution is 2.16. The number of halogens is 1. The smallest absolute Gasteiger partial charge is 0.260 e. The molecule has 1 amide bonds. The SMILES string of the molecule is C[C@@H](Oc1ccccc1)C(=O)NCCSCc1cccc(Cl)c1. The van der Waals surface area contributed by atoms with E-state index in [2.05, 4.69) is 5.32 Å². The van der Waals surface area contributed by atoms with Gasteiger partial charge in [0.15, 0.2) is 6.10 Å². The summed E-state index contributed by atoms with van der Waals surface area (Å²) in [7, 11) is 0. The van der Waals surface area contributed by atoms with Gasteiger partial charge in [-0.2, -0.15) is 11.8 Å². The summed E-state index contributed by atoms with van der Waals surface area (Å²) in [5, 5.41) is 3.64. The highest BCUT2D eigenvalue weighted by molar-refractivity contribution is 7.98. The number of hydrogen-bond donors (Lipinski definition) is 1. The fourth-order valence-corrected chi connectivity index (χ4v) is 2.98. The number of ether oxygens (including phenoxy) is 1. The Balaban J connectivity index is 1.62. The van der Waals surface area contributed by atoms with Crippen molar-refractivity contribution in [3.63, 3.8) is 0 Å². The molecule has 1 atom stereocenters. The molecule has 0 aliphatic rings. The van der Waals surface area contributed by atoms with Gasteiger partial charge in [0.1, 0.15) is 5.75 Å². The van der Waals surface area contributed by atoms with Crippen LogP contribution in [0.2, 0.25) is 5.02 Å². The molecular weight excluding hydrogens is 330 g/mol. The average molecular weight is 350 g/mol. The summed E-state index contributed by atoms with van der Waals surface area (Å²) in [5.41, 5.74) is 1.19. The van der Waals surface area contributed by atoms with E-state index in [1.54, 1.807) is 18.7 Å². The van der Waals surface area contributed by atoms with Crippen LogP contribution in [-0.2, 0) is 10.5 Å². The highest BCUT2D eigenvalue weighted by atomic mass is 35.5.